The molecule has 1 aliphatic heterocycles. The molecule has 1 amide bonds. The SMILES string of the molecule is COc1ccc2nc(C(=O)Nc3ccc(F)c([C@]4(C)CS(=O)(=O)N(C)C(=N)N4)c3)oc2c1. The molecule has 0 saturated carbocycles. The largest absolute Gasteiger partial charge is 0.497 e. The van der Waals surface area contributed by atoms with Crippen molar-refractivity contribution >= 4 is 38.7 Å². The zero-order valence-electron chi connectivity index (χ0n) is 17.4. The van der Waals surface area contributed by atoms with E-state index in [1.807, 2.05) is 0 Å². The Kier molecular flexibility index (Phi) is 5.04. The van der Waals surface area contributed by atoms with Gasteiger partial charge in [-0.25, -0.2) is 22.1 Å². The lowest BCUT2D eigenvalue weighted by molar-refractivity contribution is 0.0992. The van der Waals surface area contributed by atoms with E-state index in [1.54, 1.807) is 18.2 Å². The van der Waals surface area contributed by atoms with Gasteiger partial charge < -0.3 is 19.8 Å². The highest BCUT2D eigenvalue weighted by Crippen LogP contribution is 2.31. The van der Waals surface area contributed by atoms with Crippen LogP contribution in [0.25, 0.3) is 11.1 Å². The minimum atomic E-state index is -3.83. The summed E-state index contributed by atoms with van der Waals surface area (Å²) in [7, 11) is -1.08. The first-order valence-electron chi connectivity index (χ1n) is 9.42. The average Bonchev–Trinajstić information content (AvgIpc) is 3.16. The van der Waals surface area contributed by atoms with Crippen molar-refractivity contribution in [1.29, 1.82) is 5.41 Å². The molecular weight excluding hydrogens is 441 g/mol. The number of ether oxygens (including phenoxy) is 1. The highest BCUT2D eigenvalue weighted by Gasteiger charge is 2.43. The van der Waals surface area contributed by atoms with Gasteiger partial charge in [-0.2, -0.15) is 0 Å². The van der Waals surface area contributed by atoms with Crippen molar-refractivity contribution in [2.75, 3.05) is 25.2 Å². The molecule has 168 valence electrons. The number of sulfonamides is 1. The lowest BCUT2D eigenvalue weighted by Crippen LogP contribution is -2.61. The Morgan fingerprint density at radius 2 is 2.09 bits per heavy atom. The molecule has 1 aromatic heterocycles. The van der Waals surface area contributed by atoms with Crippen LogP contribution in [0.4, 0.5) is 10.1 Å². The Hall–Kier alpha value is -3.67. The van der Waals surface area contributed by atoms with Crippen molar-refractivity contribution < 1.29 is 26.8 Å². The van der Waals surface area contributed by atoms with Gasteiger partial charge in [0.15, 0.2) is 5.58 Å². The number of nitrogens with zero attached hydrogens (tertiary/aromatic N) is 2. The number of carbonyl (C=O) groups is 1. The second-order valence-electron chi connectivity index (χ2n) is 7.53. The molecule has 1 aliphatic rings. The molecule has 12 heteroatoms. The molecule has 2 heterocycles. The van der Waals surface area contributed by atoms with Crippen molar-refractivity contribution in [3.8, 4) is 5.75 Å². The molecule has 32 heavy (non-hydrogen) atoms. The Morgan fingerprint density at radius 3 is 2.78 bits per heavy atom. The smallest absolute Gasteiger partial charge is 0.311 e. The maximum absolute atomic E-state index is 14.7. The molecule has 4 rings (SSSR count). The van der Waals surface area contributed by atoms with E-state index in [4.69, 9.17) is 14.6 Å². The fourth-order valence-corrected chi connectivity index (χ4v) is 4.94. The highest BCUT2D eigenvalue weighted by atomic mass is 32.2. The Balaban J connectivity index is 1.63. The van der Waals surface area contributed by atoms with Gasteiger partial charge in [0, 0.05) is 24.4 Å². The van der Waals surface area contributed by atoms with Gasteiger partial charge in [0.05, 0.1) is 18.4 Å². The predicted molar refractivity (Wildman–Crippen MR) is 115 cm³/mol. The molecule has 10 nitrogen and oxygen atoms in total. The van der Waals surface area contributed by atoms with Crippen LogP contribution in [0.1, 0.15) is 23.2 Å². The van der Waals surface area contributed by atoms with E-state index in [9.17, 15) is 17.6 Å². The molecule has 0 aliphatic carbocycles. The van der Waals surface area contributed by atoms with E-state index in [0.29, 0.717) is 16.8 Å². The van der Waals surface area contributed by atoms with Gasteiger partial charge in [0.2, 0.25) is 16.0 Å². The quantitative estimate of drug-likeness (QED) is 0.542. The zero-order valence-corrected chi connectivity index (χ0v) is 18.2. The number of benzene rings is 2. The number of aromatic nitrogens is 1. The summed E-state index contributed by atoms with van der Waals surface area (Å²) >= 11 is 0. The minimum absolute atomic E-state index is 0.0148. The number of rotatable bonds is 4. The number of guanidine groups is 1. The van der Waals surface area contributed by atoms with E-state index in [2.05, 4.69) is 15.6 Å². The predicted octanol–water partition coefficient (Wildman–Crippen LogP) is 2.24. The van der Waals surface area contributed by atoms with Gasteiger partial charge in [-0.15, -0.1) is 0 Å². The molecule has 1 saturated heterocycles. The normalized spacial score (nSPS) is 20.1. The van der Waals surface area contributed by atoms with Gasteiger partial charge in [-0.3, -0.25) is 10.2 Å². The van der Waals surface area contributed by atoms with Crippen LogP contribution < -0.4 is 15.4 Å². The van der Waals surface area contributed by atoms with Crippen LogP contribution in [0, 0.1) is 11.2 Å². The third kappa shape index (κ3) is 3.73. The van der Waals surface area contributed by atoms with Gasteiger partial charge in [-0.05, 0) is 37.3 Å². The molecule has 1 atom stereocenters. The zero-order chi connectivity index (χ0) is 23.3. The standard InChI is InChI=1S/C20H20FN5O5S/c1-20(10-32(28,29)26(2)19(22)25-20)13-8-11(4-6-14(13)21)23-17(27)18-24-15-7-5-12(30-3)9-16(15)31-18/h4-9H,10H2,1-3H3,(H2,22,25)(H,23,27)/t20-/m0/s1. The molecule has 0 unspecified atom stereocenters. The van der Waals surface area contributed by atoms with E-state index in [1.165, 1.54) is 33.2 Å². The number of oxazole rings is 1. The van der Waals surface area contributed by atoms with Crippen LogP contribution in [-0.2, 0) is 15.6 Å². The molecule has 3 N–H and O–H groups in total. The fourth-order valence-electron chi connectivity index (χ4n) is 3.46. The molecule has 0 radical (unpaired) electrons. The number of nitrogens with one attached hydrogen (secondary N) is 3. The summed E-state index contributed by atoms with van der Waals surface area (Å²) in [6, 6.07) is 8.69. The number of carbonyl (C=O) groups excluding carboxylic acids is 1. The Bertz CT molecular complexity index is 1360. The maximum Gasteiger partial charge on any atom is 0.311 e. The number of anilines is 1. The van der Waals surface area contributed by atoms with Crippen LogP contribution >= 0.6 is 0 Å². The lowest BCUT2D eigenvalue weighted by atomic mass is 9.93. The third-order valence-electron chi connectivity index (χ3n) is 5.21. The molecule has 3 aromatic rings. The summed E-state index contributed by atoms with van der Waals surface area (Å²) in [6.45, 7) is 1.48. The highest BCUT2D eigenvalue weighted by molar-refractivity contribution is 7.89. The van der Waals surface area contributed by atoms with Gasteiger partial charge in [0.25, 0.3) is 5.89 Å². The number of amides is 1. The van der Waals surface area contributed by atoms with Crippen LogP contribution in [0.2, 0.25) is 0 Å². The molecule has 1 fully saturated rings. The minimum Gasteiger partial charge on any atom is -0.497 e. The monoisotopic (exact) mass is 461 g/mol. The van der Waals surface area contributed by atoms with E-state index >= 15 is 0 Å². The molecular formula is C20H20FN5O5S. The van der Waals surface area contributed by atoms with Crippen molar-refractivity contribution in [3.63, 3.8) is 0 Å². The summed E-state index contributed by atoms with van der Waals surface area (Å²) in [5, 5.41) is 13.2. The maximum atomic E-state index is 14.7. The number of hydrogen-bond donors (Lipinski definition) is 3. The lowest BCUT2D eigenvalue weighted by Gasteiger charge is -2.40. The van der Waals surface area contributed by atoms with Crippen LogP contribution in [0.3, 0.4) is 0 Å². The van der Waals surface area contributed by atoms with Crippen molar-refractivity contribution in [2.45, 2.75) is 12.5 Å². The number of hydrogen-bond acceptors (Lipinski definition) is 7. The van der Waals surface area contributed by atoms with E-state index < -0.39 is 33.0 Å². The topological polar surface area (TPSA) is 138 Å². The van der Waals surface area contributed by atoms with Gasteiger partial charge in [-0.1, -0.05) is 0 Å². The molecule has 0 spiro atoms. The second kappa shape index (κ2) is 7.48. The molecule has 2 aromatic carbocycles. The number of halogens is 1. The Labute approximate surface area is 182 Å². The van der Waals surface area contributed by atoms with Crippen molar-refractivity contribution in [3.05, 3.63) is 53.7 Å². The third-order valence-corrected chi connectivity index (χ3v) is 7.17. The van der Waals surface area contributed by atoms with E-state index in [-0.39, 0.29) is 23.1 Å². The first kappa shape index (κ1) is 21.6. The van der Waals surface area contributed by atoms with Crippen molar-refractivity contribution in [2.24, 2.45) is 0 Å². The van der Waals surface area contributed by atoms with Crippen LogP contribution in [-0.4, -0.2) is 49.5 Å². The van der Waals surface area contributed by atoms with Crippen LogP contribution in [0.15, 0.2) is 40.8 Å². The van der Waals surface area contributed by atoms with Crippen LogP contribution in [0.5, 0.6) is 5.75 Å². The first-order valence-corrected chi connectivity index (χ1v) is 11.0. The number of fused-ring (bicyclic) bond motifs is 1. The first-order chi connectivity index (χ1) is 15.0. The number of methoxy groups -OCH3 is 1. The summed E-state index contributed by atoms with van der Waals surface area (Å²) in [5.41, 5.74) is -0.402. The van der Waals surface area contributed by atoms with Gasteiger partial charge >= 0.3 is 5.91 Å². The summed E-state index contributed by atoms with van der Waals surface area (Å²) in [4.78, 5) is 16.8. The van der Waals surface area contributed by atoms with Gasteiger partial charge in [0.1, 0.15) is 17.1 Å². The van der Waals surface area contributed by atoms with Crippen molar-refractivity contribution in [1.82, 2.24) is 14.6 Å². The second-order valence-corrected chi connectivity index (χ2v) is 9.53. The van der Waals surface area contributed by atoms with E-state index in [0.717, 1.165) is 10.4 Å². The summed E-state index contributed by atoms with van der Waals surface area (Å²) in [6.07, 6.45) is 0. The summed E-state index contributed by atoms with van der Waals surface area (Å²) < 4.78 is 50.9. The summed E-state index contributed by atoms with van der Waals surface area (Å²) in [5.74, 6) is -1.86. The Morgan fingerprint density at radius 1 is 1.34 bits per heavy atom. The average molecular weight is 461 g/mol. The molecule has 0 bridgehead atoms. The fraction of sp³-hybridized carbons (Fsp3) is 0.250.